The summed E-state index contributed by atoms with van der Waals surface area (Å²) in [5.41, 5.74) is 23.3. The first-order valence-corrected chi connectivity index (χ1v) is 17.6. The van der Waals surface area contributed by atoms with Crippen molar-refractivity contribution in [1.82, 2.24) is 26.2 Å². The van der Waals surface area contributed by atoms with Crippen LogP contribution in [-0.4, -0.2) is 102 Å². The normalized spacial score (nSPS) is 20.1. The molecule has 17 nitrogen and oxygen atoms in total. The van der Waals surface area contributed by atoms with Gasteiger partial charge in [0.2, 0.25) is 29.5 Å². The molecule has 1 saturated heterocycles. The molecule has 17 heteroatoms. The first-order chi connectivity index (χ1) is 25.8. The van der Waals surface area contributed by atoms with Crippen molar-refractivity contribution in [1.29, 1.82) is 0 Å². The largest absolute Gasteiger partial charge is 0.508 e. The van der Waals surface area contributed by atoms with E-state index in [0.717, 1.165) is 16.3 Å². The van der Waals surface area contributed by atoms with Crippen molar-refractivity contribution in [3.63, 3.8) is 0 Å². The van der Waals surface area contributed by atoms with Crippen molar-refractivity contribution in [3.05, 3.63) is 77.9 Å². The monoisotopic (exact) mass is 743 g/mol. The quantitative estimate of drug-likeness (QED) is 0.0610. The Hall–Kier alpha value is -6.39. The Morgan fingerprint density at radius 2 is 1.28 bits per heavy atom. The van der Waals surface area contributed by atoms with Crippen LogP contribution in [0.25, 0.3) is 10.8 Å². The maximum Gasteiger partial charge on any atom is 0.245 e. The fourth-order valence-corrected chi connectivity index (χ4v) is 6.08. The van der Waals surface area contributed by atoms with Crippen molar-refractivity contribution < 1.29 is 29.1 Å². The lowest BCUT2D eigenvalue weighted by molar-refractivity contribution is -0.142. The minimum Gasteiger partial charge on any atom is -0.508 e. The fraction of sp³-hybridized carbons (Fsp3) is 0.378. The van der Waals surface area contributed by atoms with Crippen LogP contribution in [0, 0.1) is 0 Å². The Morgan fingerprint density at radius 3 is 1.93 bits per heavy atom. The molecule has 1 aliphatic rings. The number of hydrogen-bond donors (Lipinski definition) is 9. The molecule has 4 atom stereocenters. The highest BCUT2D eigenvalue weighted by Crippen LogP contribution is 2.18. The van der Waals surface area contributed by atoms with Gasteiger partial charge in [0.25, 0.3) is 0 Å². The summed E-state index contributed by atoms with van der Waals surface area (Å²) in [6.07, 6.45) is 0.816. The molecule has 0 spiro atoms. The van der Waals surface area contributed by atoms with Gasteiger partial charge < -0.3 is 54.2 Å². The second-order valence-electron chi connectivity index (χ2n) is 13.1. The highest BCUT2D eigenvalue weighted by atomic mass is 16.3. The SMILES string of the molecule is CN1C(=O)[C@H](CCCN=C(N)N)NC(=O)[C@H](CCCN=C(N)N)NC(=O)[C@H](Cc2ccc3ccccc3c2)NC(=O)CNC(=O)[C@H]1Cc1ccc(O)cc1. The number of phenolic OH excluding ortho intramolecular Hbond substituents is 1. The maximum absolute atomic E-state index is 14.2. The second kappa shape index (κ2) is 19.4. The smallest absolute Gasteiger partial charge is 0.245 e. The molecule has 54 heavy (non-hydrogen) atoms. The van der Waals surface area contributed by atoms with Gasteiger partial charge in [0.05, 0.1) is 6.54 Å². The minimum absolute atomic E-state index is 0.0166. The molecule has 1 aliphatic heterocycles. The van der Waals surface area contributed by atoms with E-state index < -0.39 is 60.2 Å². The van der Waals surface area contributed by atoms with Gasteiger partial charge in [0, 0.05) is 33.0 Å². The Bertz CT molecular complexity index is 1860. The molecule has 5 amide bonds. The van der Waals surface area contributed by atoms with Crippen LogP contribution in [-0.2, 0) is 36.8 Å². The van der Waals surface area contributed by atoms with Gasteiger partial charge in [-0.2, -0.15) is 0 Å². The number of fused-ring (bicyclic) bond motifs is 1. The number of phenols is 1. The van der Waals surface area contributed by atoms with Crippen LogP contribution in [0.1, 0.15) is 36.8 Å². The van der Waals surface area contributed by atoms with E-state index in [-0.39, 0.29) is 69.3 Å². The number of amides is 5. The highest BCUT2D eigenvalue weighted by Gasteiger charge is 2.35. The van der Waals surface area contributed by atoms with E-state index >= 15 is 0 Å². The third kappa shape index (κ3) is 12.1. The lowest BCUT2D eigenvalue weighted by Crippen LogP contribution is -2.58. The Morgan fingerprint density at radius 1 is 0.704 bits per heavy atom. The molecule has 288 valence electrons. The van der Waals surface area contributed by atoms with Crippen LogP contribution in [0.3, 0.4) is 0 Å². The third-order valence-corrected chi connectivity index (χ3v) is 8.95. The van der Waals surface area contributed by atoms with Crippen molar-refractivity contribution in [2.24, 2.45) is 32.9 Å². The topological polar surface area (TPSA) is 286 Å². The highest BCUT2D eigenvalue weighted by molar-refractivity contribution is 5.97. The second-order valence-corrected chi connectivity index (χ2v) is 13.1. The van der Waals surface area contributed by atoms with E-state index in [4.69, 9.17) is 22.9 Å². The van der Waals surface area contributed by atoms with Crippen LogP contribution in [0.5, 0.6) is 5.75 Å². The molecular weight excluding hydrogens is 694 g/mol. The summed E-state index contributed by atoms with van der Waals surface area (Å²) >= 11 is 0. The molecule has 0 saturated carbocycles. The lowest BCUT2D eigenvalue weighted by Gasteiger charge is -2.31. The van der Waals surface area contributed by atoms with Gasteiger partial charge >= 0.3 is 0 Å². The van der Waals surface area contributed by atoms with Gasteiger partial charge in [-0.05, 0) is 59.7 Å². The summed E-state index contributed by atoms with van der Waals surface area (Å²) in [7, 11) is 1.43. The molecule has 0 aromatic heterocycles. The standard InChI is InChI=1S/C37H49N11O6/c1-48-30(20-22-11-14-26(49)15-12-22)34(53)44-21-31(50)45-29(19-23-10-13-24-6-2-3-7-25(24)18-23)33(52)46-27(8-4-16-42-36(38)39)32(51)47-28(35(48)54)9-5-17-43-37(40)41/h2-3,6-7,10-15,18,27-30,49H,4-5,8-9,16-17,19-21H2,1H3,(H,44,53)(H,45,50)(H,46,52)(H,47,51)(H4,38,39,42)(H4,40,41,43)/t27-,28-,29-,30+/m0/s1. The first kappa shape index (κ1) is 40.4. The first-order valence-electron chi connectivity index (χ1n) is 17.6. The van der Waals surface area contributed by atoms with Crippen molar-refractivity contribution in [3.8, 4) is 5.75 Å². The summed E-state index contributed by atoms with van der Waals surface area (Å²) in [4.78, 5) is 78.5. The number of carbonyl (C=O) groups is 5. The number of likely N-dealkylation sites (N-methyl/N-ethyl adjacent to an activating group) is 1. The van der Waals surface area contributed by atoms with E-state index in [1.165, 1.54) is 24.1 Å². The molecule has 0 unspecified atom stereocenters. The number of carbonyl (C=O) groups excluding carboxylic acids is 5. The van der Waals surface area contributed by atoms with Gasteiger partial charge in [-0.25, -0.2) is 0 Å². The van der Waals surface area contributed by atoms with E-state index in [1.807, 2.05) is 42.5 Å². The molecule has 1 fully saturated rings. The molecule has 4 rings (SSSR count). The summed E-state index contributed by atoms with van der Waals surface area (Å²) in [5.74, 6) is -3.51. The van der Waals surface area contributed by atoms with E-state index in [9.17, 15) is 29.1 Å². The van der Waals surface area contributed by atoms with Crippen LogP contribution < -0.4 is 44.2 Å². The molecule has 0 radical (unpaired) electrons. The van der Waals surface area contributed by atoms with Crippen molar-refractivity contribution in [2.75, 3.05) is 26.7 Å². The zero-order chi connectivity index (χ0) is 39.2. The number of nitrogens with one attached hydrogen (secondary N) is 4. The van der Waals surface area contributed by atoms with Crippen molar-refractivity contribution >= 4 is 52.2 Å². The molecule has 3 aromatic carbocycles. The van der Waals surface area contributed by atoms with Crippen LogP contribution in [0.15, 0.2) is 76.7 Å². The summed E-state index contributed by atoms with van der Waals surface area (Å²) in [6.45, 7) is -0.183. The molecule has 0 aliphatic carbocycles. The Labute approximate surface area is 313 Å². The van der Waals surface area contributed by atoms with E-state index in [0.29, 0.717) is 5.56 Å². The fourth-order valence-electron chi connectivity index (χ4n) is 6.08. The molecule has 1 heterocycles. The van der Waals surface area contributed by atoms with Crippen LogP contribution >= 0.6 is 0 Å². The Balaban J connectivity index is 1.71. The number of aromatic hydroxyl groups is 1. The predicted octanol–water partition coefficient (Wildman–Crippen LogP) is -1.15. The average Bonchev–Trinajstić information content (AvgIpc) is 3.14. The summed E-state index contributed by atoms with van der Waals surface area (Å²) < 4.78 is 0. The zero-order valence-corrected chi connectivity index (χ0v) is 30.2. The van der Waals surface area contributed by atoms with Crippen molar-refractivity contribution in [2.45, 2.75) is 62.7 Å². The predicted molar refractivity (Wildman–Crippen MR) is 205 cm³/mol. The summed E-state index contributed by atoms with van der Waals surface area (Å²) in [5, 5.41) is 22.6. The Kier molecular flexibility index (Phi) is 14.5. The van der Waals surface area contributed by atoms with Gasteiger partial charge in [-0.1, -0.05) is 54.6 Å². The molecule has 13 N–H and O–H groups in total. The van der Waals surface area contributed by atoms with Gasteiger partial charge in [-0.3, -0.25) is 34.0 Å². The van der Waals surface area contributed by atoms with Crippen LogP contribution in [0.4, 0.5) is 0 Å². The number of nitrogens with zero attached hydrogens (tertiary/aromatic N) is 3. The summed E-state index contributed by atoms with van der Waals surface area (Å²) in [6, 6.07) is 14.9. The molecule has 3 aromatic rings. The van der Waals surface area contributed by atoms with Gasteiger partial charge in [-0.15, -0.1) is 0 Å². The van der Waals surface area contributed by atoms with Crippen LogP contribution in [0.2, 0.25) is 0 Å². The third-order valence-electron chi connectivity index (χ3n) is 8.95. The number of aliphatic imine (C=N–C) groups is 2. The number of rotatable bonds is 12. The average molecular weight is 744 g/mol. The zero-order valence-electron chi connectivity index (χ0n) is 30.2. The lowest BCUT2D eigenvalue weighted by atomic mass is 10.0. The number of nitrogens with two attached hydrogens (primary N) is 4. The van der Waals surface area contributed by atoms with E-state index in [2.05, 4.69) is 31.3 Å². The molecule has 0 bridgehead atoms. The number of hydrogen-bond acceptors (Lipinski definition) is 8. The van der Waals surface area contributed by atoms with E-state index in [1.54, 1.807) is 12.1 Å². The van der Waals surface area contributed by atoms with Gasteiger partial charge in [0.15, 0.2) is 11.9 Å². The number of benzene rings is 3. The number of guanidine groups is 2. The van der Waals surface area contributed by atoms with Gasteiger partial charge in [0.1, 0.15) is 29.9 Å². The molecular formula is C37H49N11O6. The maximum atomic E-state index is 14.2. The minimum atomic E-state index is -1.17.